The summed E-state index contributed by atoms with van der Waals surface area (Å²) in [7, 11) is 0. The molecule has 2 bridgehead atoms. The van der Waals surface area contributed by atoms with E-state index < -0.39 is 11.6 Å². The number of nitrogens with one attached hydrogen (secondary N) is 1. The lowest BCUT2D eigenvalue weighted by Crippen LogP contribution is -2.51. The minimum atomic E-state index is -0.578. The summed E-state index contributed by atoms with van der Waals surface area (Å²) in [5, 5.41) is 15.4. The topological polar surface area (TPSA) is 73.8 Å². The van der Waals surface area contributed by atoms with Crippen LogP contribution >= 0.6 is 0 Å². The number of halogens is 2. The second-order valence-corrected chi connectivity index (χ2v) is 12.2. The first-order chi connectivity index (χ1) is 20.0. The number of hydrogen-bond acceptors (Lipinski definition) is 7. The number of benzene rings is 3. The van der Waals surface area contributed by atoms with Crippen molar-refractivity contribution in [3.8, 4) is 22.9 Å². The van der Waals surface area contributed by atoms with E-state index >= 15 is 8.78 Å². The molecule has 9 heteroatoms. The maximum absolute atomic E-state index is 16.6. The number of aromatic hydroxyl groups is 1. The molecule has 212 valence electrons. The molecule has 4 saturated heterocycles. The average molecular weight is 558 g/mol. The van der Waals surface area contributed by atoms with Crippen LogP contribution in [0.25, 0.3) is 32.8 Å². The molecule has 1 aromatic heterocycles. The molecule has 5 heterocycles. The zero-order chi connectivity index (χ0) is 27.7. The number of aromatic nitrogens is 2. The number of anilines is 1. The molecular weight excluding hydrogens is 524 g/mol. The van der Waals surface area contributed by atoms with E-state index in [0.717, 1.165) is 64.7 Å². The lowest BCUT2D eigenvalue weighted by Gasteiger charge is -2.34. The van der Waals surface area contributed by atoms with Crippen LogP contribution in [0.5, 0.6) is 11.8 Å². The van der Waals surface area contributed by atoms with Crippen molar-refractivity contribution >= 4 is 27.5 Å². The zero-order valence-corrected chi connectivity index (χ0v) is 22.9. The molecule has 4 fully saturated rings. The molecule has 0 aliphatic carbocycles. The maximum Gasteiger partial charge on any atom is 0.319 e. The van der Waals surface area contributed by atoms with E-state index in [1.165, 1.54) is 18.2 Å². The summed E-state index contributed by atoms with van der Waals surface area (Å²) in [6.45, 7) is 4.22. The third kappa shape index (κ3) is 4.12. The molecule has 0 amide bonds. The normalized spacial score (nSPS) is 23.5. The van der Waals surface area contributed by atoms with Crippen LogP contribution in [0.3, 0.4) is 0 Å². The van der Waals surface area contributed by atoms with Crippen LogP contribution in [0.2, 0.25) is 0 Å². The van der Waals surface area contributed by atoms with E-state index in [1.807, 2.05) is 6.07 Å². The molecule has 0 unspecified atom stereocenters. The monoisotopic (exact) mass is 557 g/mol. The van der Waals surface area contributed by atoms with Crippen LogP contribution in [0, 0.1) is 11.6 Å². The van der Waals surface area contributed by atoms with Crippen LogP contribution in [0.4, 0.5) is 14.6 Å². The first kappa shape index (κ1) is 25.2. The summed E-state index contributed by atoms with van der Waals surface area (Å²) >= 11 is 0. The summed E-state index contributed by atoms with van der Waals surface area (Å²) in [4.78, 5) is 14.3. The fourth-order valence-corrected chi connectivity index (χ4v) is 7.85. The Morgan fingerprint density at radius 3 is 2.54 bits per heavy atom. The molecule has 0 radical (unpaired) electrons. The van der Waals surface area contributed by atoms with E-state index in [1.54, 1.807) is 18.2 Å². The number of hydrogen-bond donors (Lipinski definition) is 2. The molecular formula is C32H33F2N5O2. The average Bonchev–Trinajstić information content (AvgIpc) is 3.65. The summed E-state index contributed by atoms with van der Waals surface area (Å²) in [5.41, 5.74) is 0.612. The largest absolute Gasteiger partial charge is 0.508 e. The van der Waals surface area contributed by atoms with Gasteiger partial charge in [0.15, 0.2) is 5.82 Å². The Kier molecular flexibility index (Phi) is 5.83. The Hall–Kier alpha value is -3.56. The molecule has 3 aromatic carbocycles. The van der Waals surface area contributed by atoms with Gasteiger partial charge in [-0.25, -0.2) is 8.78 Å². The lowest BCUT2D eigenvalue weighted by atomic mass is 9.95. The van der Waals surface area contributed by atoms with Crippen molar-refractivity contribution in [1.29, 1.82) is 0 Å². The molecule has 2 atom stereocenters. The Balaban J connectivity index is 1.26. The van der Waals surface area contributed by atoms with Crippen molar-refractivity contribution in [3.63, 3.8) is 0 Å². The third-order valence-electron chi connectivity index (χ3n) is 9.76. The highest BCUT2D eigenvalue weighted by atomic mass is 19.1. The smallest absolute Gasteiger partial charge is 0.319 e. The van der Waals surface area contributed by atoms with E-state index in [9.17, 15) is 5.11 Å². The molecule has 4 aliphatic heterocycles. The summed E-state index contributed by atoms with van der Waals surface area (Å²) < 4.78 is 38.0. The number of phenols is 1. The van der Waals surface area contributed by atoms with Gasteiger partial charge in [0.1, 0.15) is 29.5 Å². The number of nitrogens with zero attached hydrogens (tertiary/aromatic N) is 4. The van der Waals surface area contributed by atoms with Gasteiger partial charge in [-0.2, -0.15) is 9.97 Å². The number of phenolic OH excluding ortho intramolecular Hbond substituents is 1. The number of fused-ring (bicyclic) bond motifs is 5. The highest BCUT2D eigenvalue weighted by molar-refractivity contribution is 6.01. The molecule has 0 saturated carbocycles. The van der Waals surface area contributed by atoms with Crippen LogP contribution < -0.4 is 15.0 Å². The van der Waals surface area contributed by atoms with E-state index in [-0.39, 0.29) is 39.3 Å². The quantitative estimate of drug-likeness (QED) is 0.341. The highest BCUT2D eigenvalue weighted by Gasteiger charge is 2.45. The van der Waals surface area contributed by atoms with Gasteiger partial charge < -0.3 is 20.1 Å². The minimum absolute atomic E-state index is 0.00499. The van der Waals surface area contributed by atoms with Gasteiger partial charge in [-0.05, 0) is 86.8 Å². The van der Waals surface area contributed by atoms with Crippen LogP contribution in [-0.4, -0.2) is 70.4 Å². The number of ether oxygens (including phenoxy) is 1. The molecule has 4 aliphatic rings. The minimum Gasteiger partial charge on any atom is -0.508 e. The van der Waals surface area contributed by atoms with Crippen LogP contribution in [0.1, 0.15) is 38.5 Å². The Labute approximate surface area is 237 Å². The highest BCUT2D eigenvalue weighted by Crippen LogP contribution is 2.41. The second kappa shape index (κ2) is 9.49. The first-order valence-electron chi connectivity index (χ1n) is 14.8. The molecule has 4 aromatic rings. The van der Waals surface area contributed by atoms with E-state index in [2.05, 4.69) is 20.1 Å². The van der Waals surface area contributed by atoms with Gasteiger partial charge in [0.25, 0.3) is 0 Å². The standard InChI is InChI=1S/C32H33F2N5O2/c33-26-5-1-4-19-14-22(40)15-25(27(19)26)23-8-9-24-29(28(23)34)36-31(41-18-32-10-2-12-39(32)13-3-11-32)37-30(24)38-16-20-6-7-21(17-38)35-20/h1,4-5,8-9,14-15,20-21,35,40H,2-3,6-7,10-13,16-18H2/t20-,21+. The Morgan fingerprint density at radius 1 is 0.976 bits per heavy atom. The van der Waals surface area contributed by atoms with Crippen molar-refractivity contribution in [2.24, 2.45) is 0 Å². The molecule has 0 spiro atoms. The zero-order valence-electron chi connectivity index (χ0n) is 22.9. The van der Waals surface area contributed by atoms with Crippen molar-refractivity contribution in [3.05, 3.63) is 54.1 Å². The predicted molar refractivity (Wildman–Crippen MR) is 154 cm³/mol. The van der Waals surface area contributed by atoms with Gasteiger partial charge in [0, 0.05) is 41.5 Å². The molecule has 2 N–H and O–H groups in total. The van der Waals surface area contributed by atoms with Gasteiger partial charge in [0.05, 0.1) is 5.54 Å². The van der Waals surface area contributed by atoms with Gasteiger partial charge in [-0.15, -0.1) is 0 Å². The Bertz CT molecular complexity index is 1660. The van der Waals surface area contributed by atoms with Crippen LogP contribution in [-0.2, 0) is 0 Å². The van der Waals surface area contributed by atoms with Gasteiger partial charge in [0.2, 0.25) is 0 Å². The lowest BCUT2D eigenvalue weighted by molar-refractivity contribution is 0.108. The Morgan fingerprint density at radius 2 is 1.76 bits per heavy atom. The predicted octanol–water partition coefficient (Wildman–Crippen LogP) is 5.38. The van der Waals surface area contributed by atoms with Gasteiger partial charge in [-0.3, -0.25) is 4.90 Å². The first-order valence-corrected chi connectivity index (χ1v) is 14.8. The summed E-state index contributed by atoms with van der Waals surface area (Å²) in [5.74, 6) is -0.436. The third-order valence-corrected chi connectivity index (χ3v) is 9.76. The van der Waals surface area contributed by atoms with E-state index in [4.69, 9.17) is 9.72 Å². The SMILES string of the molecule is Oc1cc(-c2ccc3c(N4C[C@H]5CC[C@@H](C4)N5)nc(OCC45CCCN4CCC5)nc3c2F)c2c(F)cccc2c1. The fraction of sp³-hybridized carbons (Fsp3) is 0.438. The number of rotatable bonds is 5. The van der Waals surface area contributed by atoms with Crippen molar-refractivity contribution in [1.82, 2.24) is 20.2 Å². The van der Waals surface area contributed by atoms with Crippen molar-refractivity contribution < 1.29 is 18.6 Å². The molecule has 8 rings (SSSR count). The van der Waals surface area contributed by atoms with Gasteiger partial charge >= 0.3 is 6.01 Å². The van der Waals surface area contributed by atoms with E-state index in [0.29, 0.717) is 35.3 Å². The summed E-state index contributed by atoms with van der Waals surface area (Å²) in [6.07, 6.45) is 6.71. The summed E-state index contributed by atoms with van der Waals surface area (Å²) in [6, 6.07) is 11.9. The van der Waals surface area contributed by atoms with Crippen LogP contribution in [0.15, 0.2) is 42.5 Å². The fourth-order valence-electron chi connectivity index (χ4n) is 7.85. The van der Waals surface area contributed by atoms with Gasteiger partial charge in [-0.1, -0.05) is 18.2 Å². The van der Waals surface area contributed by atoms with Crippen molar-refractivity contribution in [2.75, 3.05) is 37.7 Å². The molecule has 41 heavy (non-hydrogen) atoms. The van der Waals surface area contributed by atoms with Crippen molar-refractivity contribution in [2.45, 2.75) is 56.1 Å². The number of piperazine rings is 1. The second-order valence-electron chi connectivity index (χ2n) is 12.2. The maximum atomic E-state index is 16.6. The molecule has 7 nitrogen and oxygen atoms in total.